The smallest absolute Gasteiger partial charge is 0.414 e. The zero-order valence-corrected chi connectivity index (χ0v) is 13.3. The molecule has 2 aliphatic heterocycles. The number of anilines is 2. The van der Waals surface area contributed by atoms with Crippen LogP contribution in [0.25, 0.3) is 0 Å². The van der Waals surface area contributed by atoms with Gasteiger partial charge in [-0.05, 0) is 29.7 Å². The van der Waals surface area contributed by atoms with Crippen molar-refractivity contribution in [1.82, 2.24) is 4.98 Å². The van der Waals surface area contributed by atoms with E-state index in [1.807, 2.05) is 18.2 Å². The van der Waals surface area contributed by atoms with E-state index in [2.05, 4.69) is 16.0 Å². The number of aliphatic hydroxyl groups excluding tert-OH is 1. The first kappa shape index (κ1) is 15.0. The lowest BCUT2D eigenvalue weighted by molar-refractivity contribution is 0.181. The lowest BCUT2D eigenvalue weighted by Crippen LogP contribution is -2.33. The maximum absolute atomic E-state index is 11.9. The van der Waals surface area contributed by atoms with E-state index in [4.69, 9.17) is 4.74 Å². The van der Waals surface area contributed by atoms with Crippen molar-refractivity contribution in [3.63, 3.8) is 0 Å². The van der Waals surface area contributed by atoms with E-state index in [-0.39, 0.29) is 12.7 Å². The van der Waals surface area contributed by atoms with Crippen LogP contribution in [0, 0.1) is 0 Å². The van der Waals surface area contributed by atoms with E-state index in [1.54, 1.807) is 17.3 Å². The summed E-state index contributed by atoms with van der Waals surface area (Å²) < 4.78 is 5.07. The number of ether oxygens (including phenoxy) is 1. The molecule has 6 nitrogen and oxygen atoms in total. The van der Waals surface area contributed by atoms with E-state index in [1.165, 1.54) is 11.1 Å². The number of hydrogen-bond acceptors (Lipinski definition) is 5. The summed E-state index contributed by atoms with van der Waals surface area (Å²) in [5, 5.41) is 9.54. The Hall–Kier alpha value is -2.60. The molecular formula is C18H19N3O3. The van der Waals surface area contributed by atoms with Crippen LogP contribution in [0.1, 0.15) is 16.7 Å². The predicted molar refractivity (Wildman–Crippen MR) is 90.0 cm³/mol. The van der Waals surface area contributed by atoms with Crippen molar-refractivity contribution in [1.29, 1.82) is 0 Å². The molecule has 1 aromatic heterocycles. The van der Waals surface area contributed by atoms with Gasteiger partial charge in [-0.2, -0.15) is 0 Å². The van der Waals surface area contributed by atoms with Crippen molar-refractivity contribution in [2.24, 2.45) is 0 Å². The summed E-state index contributed by atoms with van der Waals surface area (Å²) in [7, 11) is 0. The first-order chi connectivity index (χ1) is 11.8. The molecule has 1 N–H and O–H groups in total. The summed E-state index contributed by atoms with van der Waals surface area (Å²) in [5.41, 5.74) is 5.24. The zero-order valence-electron chi connectivity index (χ0n) is 13.3. The van der Waals surface area contributed by atoms with Gasteiger partial charge < -0.3 is 14.7 Å². The first-order valence-electron chi connectivity index (χ1n) is 8.11. The van der Waals surface area contributed by atoms with Gasteiger partial charge in [-0.25, -0.2) is 4.79 Å². The Labute approximate surface area is 140 Å². The van der Waals surface area contributed by atoms with Crippen LogP contribution >= 0.6 is 0 Å². The number of cyclic esters (lactones) is 1. The standard InChI is InChI=1S/C18H19N3O3/c22-12-14-10-19-6-4-16(14)20-7-5-15-13(11-20)2-1-3-17(15)21-8-9-24-18(21)23/h1-4,6,10,22H,5,7-9,11-12H2. The first-order valence-corrected chi connectivity index (χ1v) is 8.11. The second kappa shape index (κ2) is 6.13. The molecular weight excluding hydrogens is 306 g/mol. The molecule has 1 saturated heterocycles. The van der Waals surface area contributed by atoms with Gasteiger partial charge in [0.2, 0.25) is 0 Å². The molecule has 24 heavy (non-hydrogen) atoms. The van der Waals surface area contributed by atoms with Crippen molar-refractivity contribution >= 4 is 17.5 Å². The van der Waals surface area contributed by atoms with Crippen LogP contribution in [0.2, 0.25) is 0 Å². The summed E-state index contributed by atoms with van der Waals surface area (Å²) in [6, 6.07) is 8.03. The van der Waals surface area contributed by atoms with Gasteiger partial charge in [0.05, 0.1) is 18.8 Å². The van der Waals surface area contributed by atoms with Gasteiger partial charge in [0, 0.05) is 36.7 Å². The lowest BCUT2D eigenvalue weighted by Gasteiger charge is -2.33. The summed E-state index contributed by atoms with van der Waals surface area (Å²) >= 11 is 0. The normalized spacial score (nSPS) is 17.0. The molecule has 0 bridgehead atoms. The van der Waals surface area contributed by atoms with E-state index in [9.17, 15) is 9.90 Å². The number of pyridine rings is 1. The van der Waals surface area contributed by atoms with Crippen LogP contribution in [-0.4, -0.2) is 35.9 Å². The number of aromatic nitrogens is 1. The minimum Gasteiger partial charge on any atom is -0.447 e. The molecule has 0 atom stereocenters. The van der Waals surface area contributed by atoms with Gasteiger partial charge in [0.25, 0.3) is 0 Å². The largest absolute Gasteiger partial charge is 0.447 e. The van der Waals surface area contributed by atoms with Crippen molar-refractivity contribution in [2.45, 2.75) is 19.6 Å². The molecule has 0 unspecified atom stereocenters. The molecule has 2 aromatic rings. The van der Waals surface area contributed by atoms with Crippen LogP contribution in [0.15, 0.2) is 36.7 Å². The number of aliphatic hydroxyl groups is 1. The molecule has 0 aliphatic carbocycles. The maximum atomic E-state index is 11.9. The van der Waals surface area contributed by atoms with Crippen LogP contribution in [-0.2, 0) is 24.3 Å². The molecule has 4 rings (SSSR count). The summed E-state index contributed by atoms with van der Waals surface area (Å²) in [6.07, 6.45) is 4.05. The Morgan fingerprint density at radius 3 is 2.92 bits per heavy atom. The second-order valence-electron chi connectivity index (χ2n) is 6.01. The molecule has 0 radical (unpaired) electrons. The fourth-order valence-electron chi connectivity index (χ4n) is 3.51. The number of amides is 1. The van der Waals surface area contributed by atoms with Crippen molar-refractivity contribution in [3.05, 3.63) is 53.3 Å². The monoisotopic (exact) mass is 325 g/mol. The van der Waals surface area contributed by atoms with Gasteiger partial charge in [0.15, 0.2) is 0 Å². The van der Waals surface area contributed by atoms with E-state index in [0.29, 0.717) is 13.2 Å². The average Bonchev–Trinajstić information content (AvgIpc) is 3.06. The van der Waals surface area contributed by atoms with Gasteiger partial charge in [0.1, 0.15) is 6.61 Å². The van der Waals surface area contributed by atoms with Crippen molar-refractivity contribution in [2.75, 3.05) is 29.5 Å². The number of carbonyl (C=O) groups is 1. The summed E-state index contributed by atoms with van der Waals surface area (Å²) in [4.78, 5) is 19.9. The highest BCUT2D eigenvalue weighted by atomic mass is 16.6. The van der Waals surface area contributed by atoms with Crippen molar-refractivity contribution in [3.8, 4) is 0 Å². The zero-order chi connectivity index (χ0) is 16.5. The lowest BCUT2D eigenvalue weighted by atomic mass is 9.96. The minimum atomic E-state index is -0.262. The number of fused-ring (bicyclic) bond motifs is 1. The Morgan fingerprint density at radius 2 is 2.12 bits per heavy atom. The van der Waals surface area contributed by atoms with E-state index >= 15 is 0 Å². The van der Waals surface area contributed by atoms with Crippen LogP contribution in [0.5, 0.6) is 0 Å². The van der Waals surface area contributed by atoms with E-state index in [0.717, 1.165) is 36.4 Å². The summed E-state index contributed by atoms with van der Waals surface area (Å²) in [5.74, 6) is 0. The molecule has 1 fully saturated rings. The third kappa shape index (κ3) is 2.49. The number of nitrogens with zero attached hydrogens (tertiary/aromatic N) is 3. The van der Waals surface area contributed by atoms with Crippen LogP contribution in [0.3, 0.4) is 0 Å². The van der Waals surface area contributed by atoms with E-state index < -0.39 is 0 Å². The predicted octanol–water partition coefficient (Wildman–Crippen LogP) is 2.09. The Bertz CT molecular complexity index is 778. The number of hydrogen-bond donors (Lipinski definition) is 1. The molecule has 2 aliphatic rings. The molecule has 1 amide bonds. The highest BCUT2D eigenvalue weighted by Gasteiger charge is 2.28. The second-order valence-corrected chi connectivity index (χ2v) is 6.01. The molecule has 3 heterocycles. The van der Waals surface area contributed by atoms with Crippen LogP contribution < -0.4 is 9.80 Å². The number of carbonyl (C=O) groups excluding carboxylic acids is 1. The molecule has 0 spiro atoms. The average molecular weight is 325 g/mol. The quantitative estimate of drug-likeness (QED) is 0.936. The third-order valence-corrected chi connectivity index (χ3v) is 4.68. The van der Waals surface area contributed by atoms with Crippen molar-refractivity contribution < 1.29 is 14.6 Å². The van der Waals surface area contributed by atoms with Gasteiger partial charge in [-0.15, -0.1) is 0 Å². The van der Waals surface area contributed by atoms with Gasteiger partial charge in [-0.3, -0.25) is 9.88 Å². The molecule has 124 valence electrons. The Kier molecular flexibility index (Phi) is 3.82. The minimum absolute atomic E-state index is 0.0216. The fourth-order valence-corrected chi connectivity index (χ4v) is 3.51. The number of benzene rings is 1. The maximum Gasteiger partial charge on any atom is 0.414 e. The molecule has 1 aromatic carbocycles. The van der Waals surface area contributed by atoms with Crippen LogP contribution in [0.4, 0.5) is 16.2 Å². The third-order valence-electron chi connectivity index (χ3n) is 4.68. The Balaban J connectivity index is 1.66. The molecule has 6 heteroatoms. The van der Waals surface area contributed by atoms with Gasteiger partial charge >= 0.3 is 6.09 Å². The number of rotatable bonds is 3. The highest BCUT2D eigenvalue weighted by Crippen LogP contribution is 2.33. The Morgan fingerprint density at radius 1 is 1.21 bits per heavy atom. The summed E-state index contributed by atoms with van der Waals surface area (Å²) in [6.45, 7) is 2.63. The SMILES string of the molecule is O=C1OCCN1c1cccc2c1CCN(c1ccncc1CO)C2. The topological polar surface area (TPSA) is 65.9 Å². The fraction of sp³-hybridized carbons (Fsp3) is 0.333. The highest BCUT2D eigenvalue weighted by molar-refractivity contribution is 5.90. The molecule has 0 saturated carbocycles. The van der Waals surface area contributed by atoms with Gasteiger partial charge in [-0.1, -0.05) is 12.1 Å².